The van der Waals surface area contributed by atoms with Gasteiger partial charge in [-0.15, -0.1) is 0 Å². The third-order valence-corrected chi connectivity index (χ3v) is 6.14. The second-order valence-electron chi connectivity index (χ2n) is 8.21. The third-order valence-electron chi connectivity index (χ3n) is 5.84. The highest BCUT2D eigenvalue weighted by atomic mass is 35.5. The molecule has 0 unspecified atom stereocenters. The molecule has 196 valence electrons. The summed E-state index contributed by atoms with van der Waals surface area (Å²) in [5, 5.41) is 5.97. The molecule has 2 N–H and O–H groups in total. The molecule has 0 fully saturated rings. The number of fused-ring (bicyclic) bond motifs is 1. The lowest BCUT2D eigenvalue weighted by Gasteiger charge is -2.14. The Morgan fingerprint density at radius 2 is 1.89 bits per heavy atom. The van der Waals surface area contributed by atoms with E-state index in [-0.39, 0.29) is 25.4 Å². The number of aromatic nitrogens is 4. The van der Waals surface area contributed by atoms with Crippen LogP contribution in [-0.2, 0) is 7.05 Å². The molecule has 0 saturated carbocycles. The van der Waals surface area contributed by atoms with Crippen molar-refractivity contribution in [1.29, 1.82) is 0 Å². The Morgan fingerprint density at radius 1 is 1.08 bits per heavy atom. The van der Waals surface area contributed by atoms with Crippen LogP contribution in [-0.4, -0.2) is 39.6 Å². The average Bonchev–Trinajstić information content (AvgIpc) is 3.22. The zero-order valence-electron chi connectivity index (χ0n) is 20.6. The average molecular weight is 537 g/mol. The fourth-order valence-corrected chi connectivity index (χ4v) is 4.22. The fraction of sp³-hybridized carbons (Fsp3) is 0.111. The number of methoxy groups -OCH3 is 1. The van der Waals surface area contributed by atoms with Crippen molar-refractivity contribution in [3.05, 3.63) is 83.7 Å². The van der Waals surface area contributed by atoms with Gasteiger partial charge in [0.15, 0.2) is 11.6 Å². The lowest BCUT2D eigenvalue weighted by molar-refractivity contribution is 0.0958. The minimum Gasteiger partial charge on any atom is -0.492 e. The van der Waals surface area contributed by atoms with Gasteiger partial charge in [-0.05, 0) is 48.0 Å². The van der Waals surface area contributed by atoms with Gasteiger partial charge >= 0.3 is 0 Å². The quantitative estimate of drug-likeness (QED) is 0.238. The first-order valence-electron chi connectivity index (χ1n) is 11.5. The lowest BCUT2D eigenvalue weighted by Crippen LogP contribution is -2.18. The van der Waals surface area contributed by atoms with Crippen LogP contribution < -0.4 is 20.1 Å². The van der Waals surface area contributed by atoms with E-state index in [1.54, 1.807) is 48.7 Å². The minimum absolute atomic E-state index is 0. The smallest absolute Gasteiger partial charge is 0.269 e. The Hall–Kier alpha value is -4.70. The second kappa shape index (κ2) is 10.3. The number of nitrogens with zero attached hydrogens (tertiary/aromatic N) is 4. The number of imidazole rings is 1. The largest absolute Gasteiger partial charge is 0.492 e. The van der Waals surface area contributed by atoms with Gasteiger partial charge in [0.1, 0.15) is 22.3 Å². The van der Waals surface area contributed by atoms with Crippen LogP contribution >= 0.6 is 11.6 Å². The third kappa shape index (κ3) is 4.81. The maximum Gasteiger partial charge on any atom is 0.269 e. The molecule has 0 aliphatic rings. The standard InChI is InChI=1S/C27H22ClFN6O3.2H2/c1-30-26(36)22-14-17(8-10-31-22)38-16-6-7-23-20(13-16)33-27(35(23)2)34-21-12-15(11-19(29)24(21)37-3)18-5-4-9-32-25(18)28;;/h4-14H,1-3H3,(H,30,36)(H,33,34);2*1H. The predicted molar refractivity (Wildman–Crippen MR) is 147 cm³/mol. The molecule has 0 aliphatic heterocycles. The van der Waals surface area contributed by atoms with Gasteiger partial charge in [-0.2, -0.15) is 0 Å². The van der Waals surface area contributed by atoms with E-state index in [2.05, 4.69) is 25.6 Å². The van der Waals surface area contributed by atoms with Gasteiger partial charge in [0, 0.05) is 47.0 Å². The van der Waals surface area contributed by atoms with E-state index >= 15 is 0 Å². The topological polar surface area (TPSA) is 103 Å². The first-order chi connectivity index (χ1) is 18.4. The summed E-state index contributed by atoms with van der Waals surface area (Å²) < 4.78 is 28.1. The molecule has 38 heavy (non-hydrogen) atoms. The molecule has 5 rings (SSSR count). The second-order valence-corrected chi connectivity index (χ2v) is 8.57. The van der Waals surface area contributed by atoms with Crippen molar-refractivity contribution in [1.82, 2.24) is 24.8 Å². The molecule has 0 bridgehead atoms. The number of hydrogen-bond donors (Lipinski definition) is 2. The Labute approximate surface area is 225 Å². The molecule has 0 aliphatic carbocycles. The summed E-state index contributed by atoms with van der Waals surface area (Å²) in [5.74, 6) is 0.597. The van der Waals surface area contributed by atoms with Crippen LogP contribution in [0.2, 0.25) is 5.15 Å². The van der Waals surface area contributed by atoms with Crippen molar-refractivity contribution in [2.45, 2.75) is 0 Å². The van der Waals surface area contributed by atoms with Crippen LogP contribution in [0.3, 0.4) is 0 Å². The molecular formula is C27H26ClFN6O3. The number of carbonyl (C=O) groups excluding carboxylic acids is 1. The summed E-state index contributed by atoms with van der Waals surface area (Å²) in [6.07, 6.45) is 3.07. The maximum atomic E-state index is 15.0. The Balaban J connectivity index is 0.00000220. The molecule has 0 spiro atoms. The minimum atomic E-state index is -0.560. The molecular weight excluding hydrogens is 511 g/mol. The summed E-state index contributed by atoms with van der Waals surface area (Å²) >= 11 is 6.24. The molecule has 11 heteroatoms. The predicted octanol–water partition coefficient (Wildman–Crippen LogP) is 6.22. The van der Waals surface area contributed by atoms with E-state index < -0.39 is 5.82 Å². The van der Waals surface area contributed by atoms with Gasteiger partial charge < -0.3 is 24.7 Å². The monoisotopic (exact) mass is 536 g/mol. The SMILES string of the molecule is CNC(=O)c1cc(Oc2ccc3c(c2)nc(Nc2cc(-c4cccnc4Cl)cc(F)c2OC)n3C)ccn1.[HH].[HH]. The van der Waals surface area contributed by atoms with Crippen LogP contribution in [0.25, 0.3) is 22.2 Å². The number of carbonyl (C=O) groups is 1. The number of anilines is 2. The summed E-state index contributed by atoms with van der Waals surface area (Å²) in [6.45, 7) is 0. The number of aryl methyl sites for hydroxylation is 1. The normalized spacial score (nSPS) is 10.9. The lowest BCUT2D eigenvalue weighted by atomic mass is 10.1. The van der Waals surface area contributed by atoms with Crippen molar-refractivity contribution in [3.8, 4) is 28.4 Å². The zero-order valence-corrected chi connectivity index (χ0v) is 21.4. The zero-order chi connectivity index (χ0) is 26.8. The molecule has 9 nitrogen and oxygen atoms in total. The molecule has 3 aromatic heterocycles. The summed E-state index contributed by atoms with van der Waals surface area (Å²) in [5.41, 5.74) is 3.18. The Bertz CT molecular complexity index is 1680. The highest BCUT2D eigenvalue weighted by Gasteiger charge is 2.18. The molecule has 0 radical (unpaired) electrons. The van der Waals surface area contributed by atoms with Gasteiger partial charge in [-0.3, -0.25) is 9.78 Å². The Kier molecular flexibility index (Phi) is 6.80. The van der Waals surface area contributed by atoms with Crippen LogP contribution in [0, 0.1) is 5.82 Å². The number of pyridine rings is 2. The van der Waals surface area contributed by atoms with E-state index in [1.807, 2.05) is 17.7 Å². The van der Waals surface area contributed by atoms with Crippen LogP contribution in [0.1, 0.15) is 13.3 Å². The van der Waals surface area contributed by atoms with Crippen LogP contribution in [0.4, 0.5) is 16.0 Å². The summed E-state index contributed by atoms with van der Waals surface area (Å²) in [4.78, 5) is 24.7. The van der Waals surface area contributed by atoms with Gasteiger partial charge in [0.05, 0.1) is 23.8 Å². The van der Waals surface area contributed by atoms with Crippen LogP contribution in [0.15, 0.2) is 67.0 Å². The highest BCUT2D eigenvalue weighted by Crippen LogP contribution is 2.37. The van der Waals surface area contributed by atoms with Gasteiger partial charge in [-0.25, -0.2) is 14.4 Å². The van der Waals surface area contributed by atoms with E-state index in [9.17, 15) is 9.18 Å². The molecule has 0 atom stereocenters. The first kappa shape index (κ1) is 25.0. The summed E-state index contributed by atoms with van der Waals surface area (Å²) in [7, 11) is 4.77. The Morgan fingerprint density at radius 3 is 2.66 bits per heavy atom. The number of rotatable bonds is 7. The van der Waals surface area contributed by atoms with Crippen molar-refractivity contribution < 1.29 is 21.5 Å². The number of benzene rings is 2. The fourth-order valence-electron chi connectivity index (χ4n) is 3.99. The van der Waals surface area contributed by atoms with Crippen LogP contribution in [0.5, 0.6) is 17.2 Å². The number of halogens is 2. The van der Waals surface area contributed by atoms with Gasteiger partial charge in [-0.1, -0.05) is 11.6 Å². The van der Waals surface area contributed by atoms with Gasteiger partial charge in [0.2, 0.25) is 5.95 Å². The van der Waals surface area contributed by atoms with E-state index in [1.165, 1.54) is 26.4 Å². The summed E-state index contributed by atoms with van der Waals surface area (Å²) in [6, 6.07) is 15.2. The maximum absolute atomic E-state index is 15.0. The molecule has 3 heterocycles. The van der Waals surface area contributed by atoms with Crippen molar-refractivity contribution >= 4 is 40.2 Å². The molecule has 5 aromatic rings. The number of nitrogens with one attached hydrogen (secondary N) is 2. The molecule has 1 amide bonds. The first-order valence-corrected chi connectivity index (χ1v) is 11.8. The van der Waals surface area contributed by atoms with Crippen molar-refractivity contribution in [2.75, 3.05) is 19.5 Å². The van der Waals surface area contributed by atoms with E-state index in [0.29, 0.717) is 39.8 Å². The molecule has 2 aromatic carbocycles. The number of hydrogen-bond acceptors (Lipinski definition) is 7. The van der Waals surface area contributed by atoms with Crippen molar-refractivity contribution in [3.63, 3.8) is 0 Å². The van der Waals surface area contributed by atoms with E-state index in [4.69, 9.17) is 21.1 Å². The van der Waals surface area contributed by atoms with Crippen molar-refractivity contribution in [2.24, 2.45) is 7.05 Å². The van der Waals surface area contributed by atoms with E-state index in [0.717, 1.165) is 5.52 Å². The number of ether oxygens (including phenoxy) is 2. The molecule has 0 saturated heterocycles. The number of amides is 1. The van der Waals surface area contributed by atoms with Gasteiger partial charge in [0.25, 0.3) is 5.91 Å². The highest BCUT2D eigenvalue weighted by molar-refractivity contribution is 6.32.